The number of carbonyl (C=O) groups is 1. The fourth-order valence-corrected chi connectivity index (χ4v) is 5.96. The first-order chi connectivity index (χ1) is 16.3. The molecule has 0 bridgehead atoms. The van der Waals surface area contributed by atoms with E-state index in [2.05, 4.69) is 38.8 Å². The summed E-state index contributed by atoms with van der Waals surface area (Å²) in [5, 5.41) is 1.08. The van der Waals surface area contributed by atoms with Gasteiger partial charge in [-0.2, -0.15) is 0 Å². The van der Waals surface area contributed by atoms with Crippen molar-refractivity contribution in [2.45, 2.75) is 51.9 Å². The Morgan fingerprint density at radius 3 is 2.38 bits per heavy atom. The topological polar surface area (TPSA) is 48.0 Å². The van der Waals surface area contributed by atoms with Gasteiger partial charge < -0.3 is 0 Å². The van der Waals surface area contributed by atoms with E-state index < -0.39 is 0 Å². The van der Waals surface area contributed by atoms with Gasteiger partial charge in [0.2, 0.25) is 0 Å². The molecule has 1 saturated carbocycles. The van der Waals surface area contributed by atoms with E-state index in [4.69, 9.17) is 5.73 Å². The van der Waals surface area contributed by atoms with Crippen molar-refractivity contribution < 1.29 is 9.18 Å². The first kappa shape index (κ1) is 22.9. The molecule has 0 atom stereocenters. The van der Waals surface area contributed by atoms with Crippen LogP contribution in [0.5, 0.6) is 0 Å². The molecule has 0 amide bonds. The van der Waals surface area contributed by atoms with E-state index in [0.717, 1.165) is 56.3 Å². The van der Waals surface area contributed by atoms with E-state index in [1.54, 1.807) is 6.92 Å². The van der Waals surface area contributed by atoms with Crippen molar-refractivity contribution in [3.05, 3.63) is 77.2 Å². The Labute approximate surface area is 208 Å². The summed E-state index contributed by atoms with van der Waals surface area (Å²) in [4.78, 5) is 12.0. The number of ketones is 1. The summed E-state index contributed by atoms with van der Waals surface area (Å²) < 4.78 is 17.1. The molecule has 0 spiro atoms. The van der Waals surface area contributed by atoms with Crippen LogP contribution in [-0.4, -0.2) is 26.4 Å². The fourth-order valence-electron chi connectivity index (χ4n) is 5.34. The zero-order chi connectivity index (χ0) is 24.0. The van der Waals surface area contributed by atoms with E-state index in [1.807, 2.05) is 31.2 Å². The molecule has 0 aliphatic heterocycles. The summed E-state index contributed by atoms with van der Waals surface area (Å²) in [5.41, 5.74) is 14.4. The predicted molar refractivity (Wildman–Crippen MR) is 139 cm³/mol. The van der Waals surface area contributed by atoms with Crippen molar-refractivity contribution in [2.24, 2.45) is 0 Å². The van der Waals surface area contributed by atoms with Crippen LogP contribution in [0.2, 0.25) is 0 Å². The van der Waals surface area contributed by atoms with Crippen LogP contribution >= 0.6 is 0 Å². The number of carbonyl (C=O) groups excluding carboxylic acids is 1. The molecule has 5 heteroatoms. The van der Waals surface area contributed by atoms with E-state index >= 15 is 0 Å². The van der Waals surface area contributed by atoms with Crippen LogP contribution in [0.15, 0.2) is 54.6 Å². The number of aromatic nitrogens is 1. The van der Waals surface area contributed by atoms with Crippen LogP contribution in [-0.2, 0) is 0 Å². The Morgan fingerprint density at radius 2 is 1.74 bits per heavy atom. The van der Waals surface area contributed by atoms with E-state index in [9.17, 15) is 9.18 Å². The van der Waals surface area contributed by atoms with Crippen molar-refractivity contribution in [3.8, 4) is 16.8 Å². The molecule has 3 aromatic carbocycles. The maximum atomic E-state index is 13.9. The van der Waals surface area contributed by atoms with Crippen LogP contribution in [0, 0.1) is 12.7 Å². The number of nitrogens with zero attached hydrogens (tertiary/aromatic N) is 1. The van der Waals surface area contributed by atoms with Gasteiger partial charge in [0.1, 0.15) is 0 Å². The number of nitrogens with two attached hydrogens (primary N) is 1. The second-order valence-corrected chi connectivity index (χ2v) is 10.3. The Balaban J connectivity index is 1.90. The SMILES string of the molecule is CC(=O)c1ccc(-c2c(C3CCCCC3)n(-c3ccc(F)cc3)c3cc(C)c(N)cc23)c([Se])c1. The third-order valence-corrected chi connectivity index (χ3v) is 7.83. The minimum absolute atomic E-state index is 0.0455. The molecule has 1 aromatic heterocycles. The number of anilines is 1. The van der Waals surface area contributed by atoms with Crippen LogP contribution in [0.3, 0.4) is 0 Å². The Hall–Kier alpha value is -2.88. The molecule has 34 heavy (non-hydrogen) atoms. The van der Waals surface area contributed by atoms with Crippen LogP contribution < -0.4 is 10.2 Å². The molecule has 1 fully saturated rings. The Kier molecular flexibility index (Phi) is 6.09. The zero-order valence-corrected chi connectivity index (χ0v) is 21.2. The van der Waals surface area contributed by atoms with Gasteiger partial charge in [-0.05, 0) is 0 Å². The van der Waals surface area contributed by atoms with Crippen LogP contribution in [0.4, 0.5) is 10.1 Å². The second-order valence-electron chi connectivity index (χ2n) is 9.40. The summed E-state index contributed by atoms with van der Waals surface area (Å²) in [6, 6.07) is 16.9. The molecule has 173 valence electrons. The third-order valence-electron chi connectivity index (χ3n) is 7.13. The van der Waals surface area contributed by atoms with Gasteiger partial charge in [0, 0.05) is 0 Å². The number of hydrogen-bond donors (Lipinski definition) is 1. The van der Waals surface area contributed by atoms with Gasteiger partial charge >= 0.3 is 208 Å². The zero-order valence-electron chi connectivity index (χ0n) is 19.5. The van der Waals surface area contributed by atoms with Gasteiger partial charge in [0.15, 0.2) is 0 Å². The molecule has 5 rings (SSSR count). The molecule has 0 saturated heterocycles. The molecule has 1 radical (unpaired) electrons. The summed E-state index contributed by atoms with van der Waals surface area (Å²) in [6.07, 6.45) is 5.89. The minimum atomic E-state index is -0.245. The Morgan fingerprint density at radius 1 is 1.03 bits per heavy atom. The number of hydrogen-bond acceptors (Lipinski definition) is 2. The average Bonchev–Trinajstić information content (AvgIpc) is 3.14. The van der Waals surface area contributed by atoms with Crippen molar-refractivity contribution in [3.63, 3.8) is 0 Å². The molecule has 0 unspecified atom stereocenters. The Bertz CT molecular complexity index is 1400. The number of halogens is 1. The fraction of sp³-hybridized carbons (Fsp3) is 0.276. The monoisotopic (exact) mass is 519 g/mol. The predicted octanol–water partition coefficient (Wildman–Crippen LogP) is 6.37. The molecular formula is C29H28FN2OSe. The first-order valence-corrected chi connectivity index (χ1v) is 12.7. The molecule has 2 N–H and O–H groups in total. The number of rotatable bonds is 4. The van der Waals surface area contributed by atoms with Gasteiger partial charge in [0.05, 0.1) is 0 Å². The number of nitrogen functional groups attached to an aromatic ring is 1. The summed E-state index contributed by atoms with van der Waals surface area (Å²) in [6.45, 7) is 3.61. The van der Waals surface area contributed by atoms with Crippen molar-refractivity contribution in [1.29, 1.82) is 0 Å². The number of aryl methyl sites for hydroxylation is 1. The van der Waals surface area contributed by atoms with Gasteiger partial charge in [-0.15, -0.1) is 0 Å². The number of benzene rings is 3. The molecule has 4 aromatic rings. The van der Waals surface area contributed by atoms with Crippen molar-refractivity contribution in [2.75, 3.05) is 5.73 Å². The number of Topliss-reactive ketones (excluding diaryl/α,β-unsaturated/α-hetero) is 1. The normalized spacial score (nSPS) is 14.6. The standard InChI is InChI=1S/C29H28FN2OSe/c1-17-14-26-24(16-25(17)31)28(23-13-8-20(18(2)33)15-27(23)34)29(19-6-4-3-5-7-19)32(26)22-11-9-21(30)10-12-22/h8-16,19H,3-7,31H2,1-2H3. The summed E-state index contributed by atoms with van der Waals surface area (Å²) in [5.74, 6) is 0.184. The molecule has 1 aliphatic rings. The van der Waals surface area contributed by atoms with Gasteiger partial charge in [-0.25, -0.2) is 0 Å². The van der Waals surface area contributed by atoms with Crippen LogP contribution in [0.25, 0.3) is 27.7 Å². The average molecular weight is 519 g/mol. The van der Waals surface area contributed by atoms with Crippen molar-refractivity contribution in [1.82, 2.24) is 4.57 Å². The van der Waals surface area contributed by atoms with Crippen molar-refractivity contribution >= 4 is 42.8 Å². The maximum absolute atomic E-state index is 13.9. The van der Waals surface area contributed by atoms with E-state index in [1.165, 1.54) is 37.1 Å². The molecular weight excluding hydrogens is 490 g/mol. The number of fused-ring (bicyclic) bond motifs is 1. The summed E-state index contributed by atoms with van der Waals surface area (Å²) >= 11 is 3.20. The molecule has 1 aliphatic carbocycles. The summed E-state index contributed by atoms with van der Waals surface area (Å²) in [7, 11) is 0. The first-order valence-electron chi connectivity index (χ1n) is 11.9. The third kappa shape index (κ3) is 3.97. The molecule has 3 nitrogen and oxygen atoms in total. The van der Waals surface area contributed by atoms with Gasteiger partial charge in [-0.3, -0.25) is 0 Å². The quantitative estimate of drug-likeness (QED) is 0.194. The van der Waals surface area contributed by atoms with E-state index in [-0.39, 0.29) is 11.6 Å². The molecule has 1 heterocycles. The van der Waals surface area contributed by atoms with E-state index in [0.29, 0.717) is 11.5 Å². The van der Waals surface area contributed by atoms with Gasteiger partial charge in [0.25, 0.3) is 0 Å². The second kappa shape index (κ2) is 9.05. The van der Waals surface area contributed by atoms with Crippen LogP contribution in [0.1, 0.15) is 66.6 Å². The van der Waals surface area contributed by atoms with Gasteiger partial charge in [-0.1, -0.05) is 0 Å².